The first-order valence-electron chi connectivity index (χ1n) is 8.79. The number of anilines is 1. The molecule has 2 aromatic carbocycles. The zero-order valence-corrected chi connectivity index (χ0v) is 16.6. The minimum absolute atomic E-state index is 0.0792. The summed E-state index contributed by atoms with van der Waals surface area (Å²) in [4.78, 5) is 22.8. The van der Waals surface area contributed by atoms with Crippen LogP contribution in [0.4, 0.5) is 11.4 Å². The molecule has 0 unspecified atom stereocenters. The van der Waals surface area contributed by atoms with Crippen LogP contribution in [-0.4, -0.2) is 36.5 Å². The van der Waals surface area contributed by atoms with Gasteiger partial charge in [0.2, 0.25) is 5.91 Å². The largest absolute Gasteiger partial charge is 0.508 e. The smallest absolute Gasteiger partial charge is 0.271 e. The van der Waals surface area contributed by atoms with E-state index in [0.717, 1.165) is 11.1 Å². The number of amides is 1. The number of carbonyl (C=O) groups is 1. The molecule has 0 aliphatic carbocycles. The lowest BCUT2D eigenvalue weighted by Gasteiger charge is -2.09. The standard InChI is InChI=1S/C19H19N5O4S/c1-3-23-18(13-5-8-15(25)9-6-13)21-22-19(23)29-11-17(26)20-16-10-14(24(27)28)7-4-12(16)2/h4-10,25H,3,11H2,1-2H3,(H,20,26). The first-order valence-corrected chi connectivity index (χ1v) is 9.78. The Morgan fingerprint density at radius 3 is 2.62 bits per heavy atom. The molecule has 1 aromatic heterocycles. The monoisotopic (exact) mass is 413 g/mol. The van der Waals surface area contributed by atoms with Crippen LogP contribution in [0.5, 0.6) is 5.75 Å². The fourth-order valence-electron chi connectivity index (χ4n) is 2.68. The second-order valence-corrected chi connectivity index (χ2v) is 7.13. The maximum Gasteiger partial charge on any atom is 0.271 e. The van der Waals surface area contributed by atoms with Crippen LogP contribution in [0.1, 0.15) is 12.5 Å². The van der Waals surface area contributed by atoms with E-state index in [-0.39, 0.29) is 23.1 Å². The van der Waals surface area contributed by atoms with E-state index in [1.54, 1.807) is 37.3 Å². The van der Waals surface area contributed by atoms with Crippen molar-refractivity contribution in [2.75, 3.05) is 11.1 Å². The summed E-state index contributed by atoms with van der Waals surface area (Å²) in [6, 6.07) is 11.0. The number of hydrogen-bond acceptors (Lipinski definition) is 7. The SMILES string of the molecule is CCn1c(SCC(=O)Nc2cc([N+](=O)[O-])ccc2C)nnc1-c1ccc(O)cc1. The summed E-state index contributed by atoms with van der Waals surface area (Å²) in [5, 5.41) is 32.0. The third kappa shape index (κ3) is 4.72. The maximum absolute atomic E-state index is 12.3. The predicted molar refractivity (Wildman–Crippen MR) is 110 cm³/mol. The Morgan fingerprint density at radius 1 is 1.24 bits per heavy atom. The molecule has 1 amide bonds. The Bertz CT molecular complexity index is 1050. The molecular formula is C19H19N5O4S. The molecule has 0 saturated carbocycles. The molecule has 0 saturated heterocycles. The van der Waals surface area contributed by atoms with Gasteiger partial charge in [-0.3, -0.25) is 14.9 Å². The molecule has 150 valence electrons. The average Bonchev–Trinajstić information content (AvgIpc) is 3.11. The van der Waals surface area contributed by atoms with Crippen molar-refractivity contribution in [1.29, 1.82) is 0 Å². The number of carbonyl (C=O) groups excluding carboxylic acids is 1. The number of rotatable bonds is 7. The first-order chi connectivity index (χ1) is 13.9. The van der Waals surface area contributed by atoms with Crippen LogP contribution < -0.4 is 5.32 Å². The van der Waals surface area contributed by atoms with Gasteiger partial charge in [0.1, 0.15) is 5.75 Å². The normalized spacial score (nSPS) is 10.7. The molecule has 0 bridgehead atoms. The lowest BCUT2D eigenvalue weighted by Crippen LogP contribution is -2.15. The number of thioether (sulfide) groups is 1. The highest BCUT2D eigenvalue weighted by atomic mass is 32.2. The van der Waals surface area contributed by atoms with Crippen molar-refractivity contribution in [2.45, 2.75) is 25.5 Å². The Morgan fingerprint density at radius 2 is 1.97 bits per heavy atom. The van der Waals surface area contributed by atoms with Crippen molar-refractivity contribution < 1.29 is 14.8 Å². The van der Waals surface area contributed by atoms with E-state index in [9.17, 15) is 20.0 Å². The van der Waals surface area contributed by atoms with Crippen molar-refractivity contribution in [3.05, 3.63) is 58.1 Å². The fourth-order valence-corrected chi connectivity index (χ4v) is 3.48. The van der Waals surface area contributed by atoms with Crippen molar-refractivity contribution in [2.24, 2.45) is 0 Å². The molecule has 0 aliphatic heterocycles. The number of nitro benzene ring substituents is 1. The van der Waals surface area contributed by atoms with Gasteiger partial charge in [-0.05, 0) is 43.7 Å². The van der Waals surface area contributed by atoms with E-state index >= 15 is 0 Å². The van der Waals surface area contributed by atoms with Crippen LogP contribution in [0, 0.1) is 17.0 Å². The highest BCUT2D eigenvalue weighted by Crippen LogP contribution is 2.26. The number of hydrogen-bond donors (Lipinski definition) is 2. The van der Waals surface area contributed by atoms with Crippen molar-refractivity contribution in [3.8, 4) is 17.1 Å². The minimum Gasteiger partial charge on any atom is -0.508 e. The van der Waals surface area contributed by atoms with E-state index in [1.807, 2.05) is 11.5 Å². The van der Waals surface area contributed by atoms with Gasteiger partial charge in [-0.2, -0.15) is 0 Å². The Hall–Kier alpha value is -3.40. The molecule has 10 heteroatoms. The van der Waals surface area contributed by atoms with Gasteiger partial charge in [-0.15, -0.1) is 10.2 Å². The molecule has 2 N–H and O–H groups in total. The van der Waals surface area contributed by atoms with Gasteiger partial charge in [-0.25, -0.2) is 0 Å². The number of non-ortho nitro benzene ring substituents is 1. The van der Waals surface area contributed by atoms with E-state index in [2.05, 4.69) is 15.5 Å². The highest BCUT2D eigenvalue weighted by Gasteiger charge is 2.16. The Balaban J connectivity index is 1.70. The van der Waals surface area contributed by atoms with E-state index in [0.29, 0.717) is 23.2 Å². The molecule has 0 fully saturated rings. The minimum atomic E-state index is -0.502. The van der Waals surface area contributed by atoms with Crippen LogP contribution >= 0.6 is 11.8 Å². The van der Waals surface area contributed by atoms with E-state index in [1.165, 1.54) is 23.9 Å². The molecule has 0 atom stereocenters. The van der Waals surface area contributed by atoms with Crippen molar-refractivity contribution in [1.82, 2.24) is 14.8 Å². The summed E-state index contributed by atoms with van der Waals surface area (Å²) in [5.74, 6) is 0.593. The summed E-state index contributed by atoms with van der Waals surface area (Å²) in [5.41, 5.74) is 1.87. The van der Waals surface area contributed by atoms with Gasteiger partial charge in [0.15, 0.2) is 11.0 Å². The molecule has 3 rings (SSSR count). The summed E-state index contributed by atoms with van der Waals surface area (Å²) in [6.07, 6.45) is 0. The van der Waals surface area contributed by atoms with E-state index in [4.69, 9.17) is 0 Å². The topological polar surface area (TPSA) is 123 Å². The molecule has 0 aliphatic rings. The lowest BCUT2D eigenvalue weighted by atomic mass is 10.2. The van der Waals surface area contributed by atoms with Crippen molar-refractivity contribution in [3.63, 3.8) is 0 Å². The summed E-state index contributed by atoms with van der Waals surface area (Å²) in [7, 11) is 0. The van der Waals surface area contributed by atoms with Gasteiger partial charge in [0, 0.05) is 24.2 Å². The van der Waals surface area contributed by atoms with Gasteiger partial charge < -0.3 is 15.0 Å². The Kier molecular flexibility index (Phi) is 6.13. The van der Waals surface area contributed by atoms with Gasteiger partial charge >= 0.3 is 0 Å². The van der Waals surface area contributed by atoms with Gasteiger partial charge in [-0.1, -0.05) is 17.8 Å². The zero-order valence-electron chi connectivity index (χ0n) is 15.8. The van der Waals surface area contributed by atoms with Crippen molar-refractivity contribution >= 4 is 29.0 Å². The number of aromatic hydroxyl groups is 1. The summed E-state index contributed by atoms with van der Waals surface area (Å²) < 4.78 is 1.88. The van der Waals surface area contributed by atoms with Gasteiger partial charge in [0.05, 0.1) is 16.4 Å². The summed E-state index contributed by atoms with van der Waals surface area (Å²) >= 11 is 1.23. The summed E-state index contributed by atoms with van der Waals surface area (Å²) in [6.45, 7) is 4.32. The van der Waals surface area contributed by atoms with Gasteiger partial charge in [0.25, 0.3) is 5.69 Å². The predicted octanol–water partition coefficient (Wildman–Crippen LogP) is 3.62. The number of benzene rings is 2. The number of phenols is 1. The first kappa shape index (κ1) is 20.3. The number of nitrogens with one attached hydrogen (secondary N) is 1. The fraction of sp³-hybridized carbons (Fsp3) is 0.211. The van der Waals surface area contributed by atoms with Crippen LogP contribution in [0.2, 0.25) is 0 Å². The van der Waals surface area contributed by atoms with Crippen LogP contribution in [0.3, 0.4) is 0 Å². The molecule has 9 nitrogen and oxygen atoms in total. The molecule has 0 spiro atoms. The second kappa shape index (κ2) is 8.74. The molecular weight excluding hydrogens is 394 g/mol. The van der Waals surface area contributed by atoms with E-state index < -0.39 is 4.92 Å². The molecule has 29 heavy (non-hydrogen) atoms. The number of nitrogens with zero attached hydrogens (tertiary/aromatic N) is 4. The quantitative estimate of drug-likeness (QED) is 0.344. The zero-order chi connectivity index (χ0) is 21.0. The third-order valence-corrected chi connectivity index (χ3v) is 5.16. The maximum atomic E-state index is 12.3. The average molecular weight is 413 g/mol. The van der Waals surface area contributed by atoms with Crippen LogP contribution in [0.15, 0.2) is 47.6 Å². The number of nitro groups is 1. The second-order valence-electron chi connectivity index (χ2n) is 6.19. The number of aryl methyl sites for hydroxylation is 1. The molecule has 3 aromatic rings. The van der Waals surface area contributed by atoms with Crippen LogP contribution in [0.25, 0.3) is 11.4 Å². The Labute approximate surface area is 170 Å². The highest BCUT2D eigenvalue weighted by molar-refractivity contribution is 7.99. The molecule has 1 heterocycles. The third-order valence-electron chi connectivity index (χ3n) is 4.20. The number of aromatic nitrogens is 3. The number of phenolic OH excluding ortho intramolecular Hbond substituents is 1. The van der Waals surface area contributed by atoms with Crippen LogP contribution in [-0.2, 0) is 11.3 Å². The lowest BCUT2D eigenvalue weighted by molar-refractivity contribution is -0.384. The molecule has 0 radical (unpaired) electrons.